The Morgan fingerprint density at radius 1 is 0.714 bits per heavy atom. The molecule has 0 aliphatic rings. The fraction of sp³-hybridized carbons (Fsp3) is 0.647. The van der Waals surface area contributed by atoms with Crippen LogP contribution in [0, 0.1) is 0 Å². The average Bonchev–Trinajstić information content (AvgIpc) is 3.10. The van der Waals surface area contributed by atoms with Crippen LogP contribution in [-0.2, 0) is 41.1 Å². The summed E-state index contributed by atoms with van der Waals surface area (Å²) < 4.78 is 77.9. The minimum absolute atomic E-state index is 0.0509. The summed E-state index contributed by atoms with van der Waals surface area (Å²) >= 11 is 0. The number of unbranched alkanes of at least 4 members (excludes halogenated alkanes) is 1. The molecule has 1 N–H and O–H groups in total. The Bertz CT molecular complexity index is 1310. The molecule has 280 valence electrons. The highest BCUT2D eigenvalue weighted by atomic mass is 31.2. The summed E-state index contributed by atoms with van der Waals surface area (Å²) in [6.45, 7) is 11.0. The van der Waals surface area contributed by atoms with E-state index in [1.54, 1.807) is 14.2 Å². The second-order valence-electron chi connectivity index (χ2n) is 12.5. The molecular formula is C34H59NO11P2Si. The summed E-state index contributed by atoms with van der Waals surface area (Å²) in [6.07, 6.45) is 2.99. The van der Waals surface area contributed by atoms with Gasteiger partial charge in [-0.2, -0.15) is 0 Å². The quantitative estimate of drug-likeness (QED) is 0.0450. The molecule has 0 spiro atoms. The summed E-state index contributed by atoms with van der Waals surface area (Å²) in [5.74, 6) is 1.97. The molecule has 0 radical (unpaired) electrons. The molecule has 15 heteroatoms. The molecule has 2 unspecified atom stereocenters. The molecule has 0 heterocycles. The Morgan fingerprint density at radius 3 is 1.71 bits per heavy atom. The highest BCUT2D eigenvalue weighted by Crippen LogP contribution is 2.79. The van der Waals surface area contributed by atoms with Crippen molar-refractivity contribution in [3.8, 4) is 11.5 Å². The van der Waals surface area contributed by atoms with Crippen molar-refractivity contribution in [1.29, 1.82) is 0 Å². The van der Waals surface area contributed by atoms with E-state index in [2.05, 4.69) is 43.4 Å². The molecule has 0 saturated carbocycles. The number of hydrogen-bond donors (Lipinski definition) is 1. The van der Waals surface area contributed by atoms with Crippen LogP contribution in [0.5, 0.6) is 11.5 Å². The molecule has 0 amide bonds. The molecule has 0 saturated heterocycles. The predicted molar refractivity (Wildman–Crippen MR) is 197 cm³/mol. The van der Waals surface area contributed by atoms with Gasteiger partial charge in [0.2, 0.25) is 0 Å². The second-order valence-corrected chi connectivity index (χ2v) is 22.2. The first-order valence-electron chi connectivity index (χ1n) is 16.6. The highest BCUT2D eigenvalue weighted by Gasteiger charge is 2.66. The minimum atomic E-state index is -4.14. The third-order valence-corrected chi connectivity index (χ3v) is 15.4. The van der Waals surface area contributed by atoms with Gasteiger partial charge in [-0.3, -0.25) is 9.13 Å². The zero-order chi connectivity index (χ0) is 36.7. The zero-order valence-corrected chi connectivity index (χ0v) is 34.0. The lowest BCUT2D eigenvalue weighted by molar-refractivity contribution is 0.0510. The molecule has 49 heavy (non-hydrogen) atoms. The summed E-state index contributed by atoms with van der Waals surface area (Å²) in [5.41, 5.74) is 3.26. The first-order chi connectivity index (χ1) is 23.3. The lowest BCUT2D eigenvalue weighted by Gasteiger charge is -2.44. The molecule has 0 aliphatic carbocycles. The third kappa shape index (κ3) is 11.1. The first-order valence-corrected chi connectivity index (χ1v) is 23.1. The molecule has 12 nitrogen and oxygen atoms in total. The van der Waals surface area contributed by atoms with Gasteiger partial charge in [0, 0.05) is 49.2 Å². The lowest BCUT2D eigenvalue weighted by Crippen LogP contribution is -2.44. The Hall–Kier alpha value is -1.76. The van der Waals surface area contributed by atoms with E-state index in [0.717, 1.165) is 24.3 Å². The number of hydrogen-bond acceptors (Lipinski definition) is 12. The van der Waals surface area contributed by atoms with Crippen molar-refractivity contribution in [2.45, 2.75) is 82.5 Å². The molecule has 0 aliphatic heterocycles. The van der Waals surface area contributed by atoms with Crippen molar-refractivity contribution in [2.75, 3.05) is 68.1 Å². The van der Waals surface area contributed by atoms with Crippen molar-refractivity contribution < 1.29 is 50.6 Å². The number of nitrogens with one attached hydrogen (secondary N) is 1. The monoisotopic (exact) mass is 747 g/mol. The van der Waals surface area contributed by atoms with E-state index in [1.807, 2.05) is 37.8 Å². The van der Waals surface area contributed by atoms with Crippen LogP contribution in [0.2, 0.25) is 19.6 Å². The maximum absolute atomic E-state index is 14.1. The van der Waals surface area contributed by atoms with Crippen LogP contribution in [0.25, 0.3) is 0 Å². The molecule has 2 rings (SSSR count). The summed E-state index contributed by atoms with van der Waals surface area (Å²) in [5, 5.41) is 1.59. The summed E-state index contributed by atoms with van der Waals surface area (Å²) in [4.78, 5) is 0. The standard InChI is InChI=1S/C34H59NO11P2Si/c1-12-30(27-16-19-29(20-17-27)44-25-38-3)31(13-2)28-18-21-33(45-26-39-4)32(24-28)35-23-15-14-22-34(46-49(9,10)11,47(36,40-5)41-6)48(37,42-7)43-8/h16-21,24,30-31,35H,12-15,22-23,25-26H2,1-11H3. The van der Waals surface area contributed by atoms with Crippen molar-refractivity contribution in [1.82, 2.24) is 0 Å². The van der Waals surface area contributed by atoms with E-state index in [1.165, 1.54) is 39.6 Å². The van der Waals surface area contributed by atoms with E-state index in [-0.39, 0.29) is 31.8 Å². The van der Waals surface area contributed by atoms with Crippen molar-refractivity contribution in [3.05, 3.63) is 53.6 Å². The van der Waals surface area contributed by atoms with Gasteiger partial charge in [0.05, 0.1) is 5.69 Å². The molecule has 2 aromatic rings. The summed E-state index contributed by atoms with van der Waals surface area (Å²) in [7, 11) is -2.60. The van der Waals surface area contributed by atoms with E-state index in [0.29, 0.717) is 25.1 Å². The van der Waals surface area contributed by atoms with E-state index >= 15 is 0 Å². The largest absolute Gasteiger partial charge is 0.468 e. The van der Waals surface area contributed by atoms with Gasteiger partial charge in [-0.05, 0) is 99.0 Å². The molecule has 2 atom stereocenters. The Labute approximate surface area is 295 Å². The third-order valence-electron chi connectivity index (χ3n) is 8.31. The Kier molecular flexibility index (Phi) is 18.0. The van der Waals surface area contributed by atoms with E-state index in [9.17, 15) is 9.13 Å². The van der Waals surface area contributed by atoms with Crippen LogP contribution in [0.15, 0.2) is 42.5 Å². The van der Waals surface area contributed by atoms with Gasteiger partial charge in [0.1, 0.15) is 11.5 Å². The fourth-order valence-corrected chi connectivity index (χ4v) is 14.2. The van der Waals surface area contributed by atoms with Crippen LogP contribution < -0.4 is 14.8 Å². The van der Waals surface area contributed by atoms with Gasteiger partial charge >= 0.3 is 15.2 Å². The summed E-state index contributed by atoms with van der Waals surface area (Å²) in [6, 6.07) is 14.5. The second kappa shape index (κ2) is 20.3. The van der Waals surface area contributed by atoms with Crippen LogP contribution >= 0.6 is 15.2 Å². The van der Waals surface area contributed by atoms with Crippen LogP contribution in [0.3, 0.4) is 0 Å². The topological polar surface area (TPSA) is 129 Å². The first kappa shape index (κ1) is 43.4. The maximum atomic E-state index is 14.1. The highest BCUT2D eigenvalue weighted by molar-refractivity contribution is 7.74. The van der Waals surface area contributed by atoms with Crippen molar-refractivity contribution in [3.63, 3.8) is 0 Å². The maximum Gasteiger partial charge on any atom is 0.373 e. The zero-order valence-electron chi connectivity index (χ0n) is 31.2. The van der Waals surface area contributed by atoms with Gasteiger partial charge in [0.25, 0.3) is 5.08 Å². The number of methoxy groups -OCH3 is 2. The predicted octanol–water partition coefficient (Wildman–Crippen LogP) is 9.40. The van der Waals surface area contributed by atoms with Gasteiger partial charge in [-0.1, -0.05) is 32.0 Å². The van der Waals surface area contributed by atoms with Gasteiger partial charge in [0.15, 0.2) is 21.9 Å². The van der Waals surface area contributed by atoms with Crippen molar-refractivity contribution in [2.24, 2.45) is 0 Å². The lowest BCUT2D eigenvalue weighted by atomic mass is 9.78. The van der Waals surface area contributed by atoms with Crippen LogP contribution in [0.1, 0.15) is 68.9 Å². The Balaban J connectivity index is 2.35. The number of benzene rings is 2. The molecule has 2 aromatic carbocycles. The van der Waals surface area contributed by atoms with Crippen LogP contribution in [0.4, 0.5) is 5.69 Å². The smallest absolute Gasteiger partial charge is 0.373 e. The fourth-order valence-electron chi connectivity index (χ4n) is 6.11. The average molecular weight is 748 g/mol. The number of ether oxygens (including phenoxy) is 4. The van der Waals surface area contributed by atoms with Crippen molar-refractivity contribution >= 4 is 29.2 Å². The number of anilines is 1. The SMILES string of the molecule is CCC(c1ccc(OCOC)cc1)C(CC)c1ccc(OCOC)c(NCCCCC(O[Si](C)(C)C)(P(=O)(OC)OC)P(=O)(OC)OC)c1. The molecule has 0 bridgehead atoms. The van der Waals surface area contributed by atoms with E-state index < -0.39 is 28.6 Å². The van der Waals surface area contributed by atoms with Gasteiger partial charge in [-0.15, -0.1) is 0 Å². The van der Waals surface area contributed by atoms with Crippen LogP contribution in [-0.4, -0.2) is 76.2 Å². The molecule has 0 fully saturated rings. The number of rotatable bonds is 25. The van der Waals surface area contributed by atoms with E-state index in [4.69, 9.17) is 41.5 Å². The van der Waals surface area contributed by atoms with Gasteiger partial charge in [-0.25, -0.2) is 0 Å². The minimum Gasteiger partial charge on any atom is -0.468 e. The molecular weight excluding hydrogens is 688 g/mol. The van der Waals surface area contributed by atoms with Gasteiger partial charge < -0.3 is 46.8 Å². The Morgan fingerprint density at radius 2 is 1.22 bits per heavy atom. The molecule has 0 aromatic heterocycles. The normalized spacial score (nSPS) is 14.0.